The van der Waals surface area contributed by atoms with Gasteiger partial charge in [-0.1, -0.05) is 234 Å². The number of hydrogen-bond acceptors (Lipinski definition) is 6. The highest BCUT2D eigenvalue weighted by Gasteiger charge is 2.19. The molecule has 0 amide bonds. The summed E-state index contributed by atoms with van der Waals surface area (Å²) in [5.41, 5.74) is 0. The molecule has 71 heavy (non-hydrogen) atoms. The molecule has 6 nitrogen and oxygen atoms in total. The molecule has 6 heteroatoms. The van der Waals surface area contributed by atoms with Crippen molar-refractivity contribution >= 4 is 17.9 Å². The zero-order valence-corrected chi connectivity index (χ0v) is 46.5. The van der Waals surface area contributed by atoms with Crippen LogP contribution >= 0.6 is 0 Å². The van der Waals surface area contributed by atoms with Crippen molar-refractivity contribution in [1.82, 2.24) is 0 Å². The van der Waals surface area contributed by atoms with E-state index in [0.29, 0.717) is 19.3 Å². The number of ether oxygens (including phenoxy) is 3. The molecule has 0 aliphatic heterocycles. The Morgan fingerprint density at radius 3 is 0.887 bits per heavy atom. The van der Waals surface area contributed by atoms with Gasteiger partial charge in [0.1, 0.15) is 13.2 Å². The average molecular weight is 988 g/mol. The average Bonchev–Trinajstić information content (AvgIpc) is 3.37. The van der Waals surface area contributed by atoms with Gasteiger partial charge in [0.05, 0.1) is 0 Å². The highest BCUT2D eigenvalue weighted by atomic mass is 16.6. The van der Waals surface area contributed by atoms with Gasteiger partial charge in [-0.2, -0.15) is 0 Å². The van der Waals surface area contributed by atoms with Crippen molar-refractivity contribution in [3.63, 3.8) is 0 Å². The lowest BCUT2D eigenvalue weighted by atomic mass is 10.1. The minimum Gasteiger partial charge on any atom is -0.462 e. The lowest BCUT2D eigenvalue weighted by molar-refractivity contribution is -0.167. The summed E-state index contributed by atoms with van der Waals surface area (Å²) in [4.78, 5) is 38.2. The van der Waals surface area contributed by atoms with Gasteiger partial charge in [0.15, 0.2) is 6.10 Å². The third-order valence-electron chi connectivity index (χ3n) is 12.5. The number of unbranched alkanes of at least 4 members (excludes halogenated alkanes) is 26. The van der Waals surface area contributed by atoms with Crippen LogP contribution in [0.5, 0.6) is 0 Å². The number of allylic oxidation sites excluding steroid dienone is 16. The van der Waals surface area contributed by atoms with Crippen molar-refractivity contribution in [1.29, 1.82) is 0 Å². The standard InChI is InChI=1S/C65H110O6/c1-4-7-10-13-16-19-22-25-28-30-31-32-33-35-37-40-43-46-49-52-55-58-64(67)70-61-62(60-69-63(66)57-54-51-48-45-42-39-36-27-24-21-18-15-12-9-6-3)71-65(68)59-56-53-50-47-44-41-38-34-29-26-23-20-17-14-11-8-5-2/h9,12,17-18,20-22,25-27,29-31,33,35-36,62H,4-8,10-11,13-16,19,23-24,28,32,34,37-61H2,1-3H3/b12-9-,20-17-,21-18-,25-22-,29-26-,31-30-,35-33-,36-27-. The minimum absolute atomic E-state index is 0.0938. The zero-order chi connectivity index (χ0) is 51.4. The molecule has 1 atom stereocenters. The molecule has 406 valence electrons. The Morgan fingerprint density at radius 1 is 0.296 bits per heavy atom. The van der Waals surface area contributed by atoms with E-state index in [1.165, 1.54) is 109 Å². The van der Waals surface area contributed by atoms with E-state index in [-0.39, 0.29) is 31.1 Å². The van der Waals surface area contributed by atoms with Crippen molar-refractivity contribution in [2.24, 2.45) is 0 Å². The van der Waals surface area contributed by atoms with Crippen LogP contribution in [0.1, 0.15) is 278 Å². The molecule has 0 bridgehead atoms. The molecule has 0 heterocycles. The van der Waals surface area contributed by atoms with Crippen LogP contribution in [0.4, 0.5) is 0 Å². The summed E-state index contributed by atoms with van der Waals surface area (Å²) in [6, 6.07) is 0. The molecule has 0 saturated heterocycles. The number of carbonyl (C=O) groups excluding carboxylic acids is 3. The van der Waals surface area contributed by atoms with Gasteiger partial charge in [-0.3, -0.25) is 14.4 Å². The molecule has 0 N–H and O–H groups in total. The highest BCUT2D eigenvalue weighted by molar-refractivity contribution is 5.71. The van der Waals surface area contributed by atoms with E-state index in [0.717, 1.165) is 128 Å². The van der Waals surface area contributed by atoms with Crippen LogP contribution in [0, 0.1) is 0 Å². The number of rotatable bonds is 53. The molecule has 0 aromatic rings. The minimum atomic E-state index is -0.797. The van der Waals surface area contributed by atoms with Crippen LogP contribution in [0.15, 0.2) is 97.2 Å². The Balaban J connectivity index is 4.44. The Hall–Kier alpha value is -3.67. The van der Waals surface area contributed by atoms with E-state index in [1.54, 1.807) is 0 Å². The fourth-order valence-corrected chi connectivity index (χ4v) is 8.08. The van der Waals surface area contributed by atoms with Gasteiger partial charge in [0.25, 0.3) is 0 Å². The first-order valence-electron chi connectivity index (χ1n) is 29.7. The Morgan fingerprint density at radius 2 is 0.549 bits per heavy atom. The molecule has 0 radical (unpaired) electrons. The molecule has 0 aromatic heterocycles. The fraction of sp³-hybridized carbons (Fsp3) is 0.708. The Labute approximate surface area is 438 Å². The predicted molar refractivity (Wildman–Crippen MR) is 307 cm³/mol. The molecule has 0 spiro atoms. The second-order valence-electron chi connectivity index (χ2n) is 19.5. The zero-order valence-electron chi connectivity index (χ0n) is 46.5. The maximum absolute atomic E-state index is 12.9. The summed E-state index contributed by atoms with van der Waals surface area (Å²) >= 11 is 0. The Bertz CT molecular complexity index is 1410. The summed E-state index contributed by atoms with van der Waals surface area (Å²) in [5.74, 6) is -0.926. The maximum atomic E-state index is 12.9. The first-order valence-corrected chi connectivity index (χ1v) is 29.7. The molecule has 0 aliphatic carbocycles. The fourth-order valence-electron chi connectivity index (χ4n) is 8.08. The topological polar surface area (TPSA) is 78.9 Å². The lowest BCUT2D eigenvalue weighted by Gasteiger charge is -2.18. The van der Waals surface area contributed by atoms with Crippen molar-refractivity contribution in [2.45, 2.75) is 284 Å². The van der Waals surface area contributed by atoms with E-state index in [4.69, 9.17) is 14.2 Å². The molecule has 0 aliphatic rings. The third kappa shape index (κ3) is 57.1. The first kappa shape index (κ1) is 67.3. The summed E-state index contributed by atoms with van der Waals surface area (Å²) in [6.45, 7) is 6.47. The lowest BCUT2D eigenvalue weighted by Crippen LogP contribution is -2.30. The van der Waals surface area contributed by atoms with Crippen molar-refractivity contribution in [3.8, 4) is 0 Å². The van der Waals surface area contributed by atoms with E-state index in [9.17, 15) is 14.4 Å². The molecular formula is C65H110O6. The monoisotopic (exact) mass is 987 g/mol. The van der Waals surface area contributed by atoms with Gasteiger partial charge < -0.3 is 14.2 Å². The van der Waals surface area contributed by atoms with Crippen LogP contribution in [0.3, 0.4) is 0 Å². The molecule has 0 saturated carbocycles. The van der Waals surface area contributed by atoms with Gasteiger partial charge in [0, 0.05) is 19.3 Å². The van der Waals surface area contributed by atoms with Crippen LogP contribution < -0.4 is 0 Å². The smallest absolute Gasteiger partial charge is 0.306 e. The summed E-state index contributed by atoms with van der Waals surface area (Å²) < 4.78 is 16.9. The quantitative estimate of drug-likeness (QED) is 0.0261. The van der Waals surface area contributed by atoms with Gasteiger partial charge in [-0.05, 0) is 122 Å². The summed E-state index contributed by atoms with van der Waals surface area (Å²) in [6.07, 6.45) is 78.2. The molecular weight excluding hydrogens is 877 g/mol. The SMILES string of the molecule is CC/C=C\C/C=C\C/C=C\CCCCCCCC(=O)OCC(COC(=O)CCCCCCCC/C=C\C/C=C\C/C=C\CCCCCCC)OC(=O)CCCCCCCCC/C=C\C/C=C\CCCCC. The van der Waals surface area contributed by atoms with Crippen LogP contribution in [-0.2, 0) is 28.6 Å². The number of esters is 3. The van der Waals surface area contributed by atoms with Crippen molar-refractivity contribution in [3.05, 3.63) is 97.2 Å². The van der Waals surface area contributed by atoms with E-state index in [1.807, 2.05) is 0 Å². The predicted octanol–water partition coefficient (Wildman–Crippen LogP) is 20.1. The molecule has 1 unspecified atom stereocenters. The number of hydrogen-bond donors (Lipinski definition) is 0. The second kappa shape index (κ2) is 58.9. The molecule has 0 fully saturated rings. The van der Waals surface area contributed by atoms with Gasteiger partial charge in [0.2, 0.25) is 0 Å². The van der Waals surface area contributed by atoms with Gasteiger partial charge >= 0.3 is 17.9 Å². The van der Waals surface area contributed by atoms with E-state index < -0.39 is 6.10 Å². The molecule has 0 aromatic carbocycles. The van der Waals surface area contributed by atoms with Crippen LogP contribution in [-0.4, -0.2) is 37.2 Å². The van der Waals surface area contributed by atoms with Crippen molar-refractivity contribution in [2.75, 3.05) is 13.2 Å². The number of carbonyl (C=O) groups is 3. The highest BCUT2D eigenvalue weighted by Crippen LogP contribution is 2.14. The summed E-state index contributed by atoms with van der Waals surface area (Å²) in [7, 11) is 0. The van der Waals surface area contributed by atoms with Crippen LogP contribution in [0.25, 0.3) is 0 Å². The Kier molecular flexibility index (Phi) is 55.9. The maximum Gasteiger partial charge on any atom is 0.306 e. The van der Waals surface area contributed by atoms with Crippen molar-refractivity contribution < 1.29 is 28.6 Å². The molecule has 0 rings (SSSR count). The largest absolute Gasteiger partial charge is 0.462 e. The van der Waals surface area contributed by atoms with Crippen LogP contribution in [0.2, 0.25) is 0 Å². The normalized spacial score (nSPS) is 12.8. The summed E-state index contributed by atoms with van der Waals surface area (Å²) in [5, 5.41) is 0. The van der Waals surface area contributed by atoms with Gasteiger partial charge in [-0.25, -0.2) is 0 Å². The van der Waals surface area contributed by atoms with Gasteiger partial charge in [-0.15, -0.1) is 0 Å². The first-order chi connectivity index (χ1) is 35.0. The van der Waals surface area contributed by atoms with E-state index >= 15 is 0 Å². The second-order valence-corrected chi connectivity index (χ2v) is 19.5. The third-order valence-corrected chi connectivity index (χ3v) is 12.5. The van der Waals surface area contributed by atoms with E-state index in [2.05, 4.69) is 118 Å².